The van der Waals surface area contributed by atoms with Gasteiger partial charge in [0.25, 0.3) is 0 Å². The molecule has 0 unspecified atom stereocenters. The summed E-state index contributed by atoms with van der Waals surface area (Å²) in [5, 5.41) is 25.7. The third-order valence-corrected chi connectivity index (χ3v) is 5.59. The lowest BCUT2D eigenvalue weighted by atomic mass is 10.0. The molecule has 0 bridgehead atoms. The maximum Gasteiger partial charge on any atom is 0.224 e. The van der Waals surface area contributed by atoms with Crippen LogP contribution in [0, 0.1) is 0 Å². The first-order chi connectivity index (χ1) is 16.3. The first kappa shape index (κ1) is 25.7. The minimum Gasteiger partial charge on any atom is -0.490 e. The Bertz CT molecular complexity index is 1070. The zero-order valence-electron chi connectivity index (χ0n) is 19.2. The van der Waals surface area contributed by atoms with E-state index in [9.17, 15) is 9.90 Å². The Morgan fingerprint density at radius 1 is 1.26 bits per heavy atom. The number of carbonyl (C=O) groups is 1. The van der Waals surface area contributed by atoms with Crippen molar-refractivity contribution in [1.82, 2.24) is 10.6 Å². The number of fused-ring (bicyclic) bond motifs is 1. The number of isothiocyanates is 1. The fourth-order valence-corrected chi connectivity index (χ4v) is 3.67. The lowest BCUT2D eigenvalue weighted by Crippen LogP contribution is -2.52. The Balaban J connectivity index is 1.40. The van der Waals surface area contributed by atoms with Gasteiger partial charge in [0.05, 0.1) is 10.8 Å². The Morgan fingerprint density at radius 3 is 2.76 bits per heavy atom. The van der Waals surface area contributed by atoms with E-state index >= 15 is 0 Å². The topological polar surface area (TPSA) is 107 Å². The van der Waals surface area contributed by atoms with Gasteiger partial charge in [0.2, 0.25) is 5.91 Å². The molecule has 0 spiro atoms. The van der Waals surface area contributed by atoms with Crippen LogP contribution in [0.25, 0.3) is 0 Å². The molecule has 0 aliphatic carbocycles. The summed E-state index contributed by atoms with van der Waals surface area (Å²) >= 11 is 9.98. The zero-order chi connectivity index (χ0) is 24.6. The minimum atomic E-state index is -0.702. The summed E-state index contributed by atoms with van der Waals surface area (Å²) in [6.07, 6.45) is 0.360. The molecule has 180 valence electrons. The number of aliphatic imine (C=N–C) groups is 1. The van der Waals surface area contributed by atoms with E-state index in [1.807, 2.05) is 56.3 Å². The number of β-amino-alcohol motifs (C(OH)–C–C–N with tert-alkyl or cyclic N) is 1. The normalized spacial score (nSPS) is 13.7. The van der Waals surface area contributed by atoms with Gasteiger partial charge in [-0.3, -0.25) is 4.79 Å². The van der Waals surface area contributed by atoms with Crippen LogP contribution in [0.5, 0.6) is 5.75 Å². The number of carbonyl (C=O) groups excluding carboxylic acids is 1. The molecule has 3 rings (SSSR count). The van der Waals surface area contributed by atoms with Crippen molar-refractivity contribution in [1.29, 1.82) is 0 Å². The molecule has 1 atom stereocenters. The number of thiocarbonyl (C=S) groups is 2. The molecule has 2 aromatic carbocycles. The van der Waals surface area contributed by atoms with E-state index in [0.717, 1.165) is 22.6 Å². The molecule has 0 aromatic heterocycles. The second-order valence-electron chi connectivity index (χ2n) is 8.62. The number of benzene rings is 2. The number of hydrogen-bond acceptors (Lipinski definition) is 7. The summed E-state index contributed by atoms with van der Waals surface area (Å²) in [4.78, 5) is 15.5. The van der Waals surface area contributed by atoms with Crippen molar-refractivity contribution in [2.45, 2.75) is 38.3 Å². The lowest BCUT2D eigenvalue weighted by Gasteiger charge is -2.29. The molecule has 0 saturated carbocycles. The van der Waals surface area contributed by atoms with Gasteiger partial charge in [-0.05, 0) is 81.1 Å². The van der Waals surface area contributed by atoms with E-state index in [1.165, 1.54) is 0 Å². The van der Waals surface area contributed by atoms with Crippen molar-refractivity contribution in [3.05, 3.63) is 48.0 Å². The van der Waals surface area contributed by atoms with Crippen LogP contribution in [0.3, 0.4) is 0 Å². The third kappa shape index (κ3) is 7.86. The smallest absolute Gasteiger partial charge is 0.224 e. The van der Waals surface area contributed by atoms with Gasteiger partial charge >= 0.3 is 0 Å². The molecule has 10 heteroatoms. The van der Waals surface area contributed by atoms with E-state index in [-0.39, 0.29) is 18.1 Å². The summed E-state index contributed by atoms with van der Waals surface area (Å²) in [5.41, 5.74) is 2.97. The average Bonchev–Trinajstić information content (AvgIpc) is 2.81. The molecular weight excluding hydrogens is 470 g/mol. The van der Waals surface area contributed by atoms with Crippen molar-refractivity contribution in [2.24, 2.45) is 4.99 Å². The molecule has 34 heavy (non-hydrogen) atoms. The highest BCUT2D eigenvalue weighted by Crippen LogP contribution is 2.31. The highest BCUT2D eigenvalue weighted by Gasteiger charge is 2.21. The highest BCUT2D eigenvalue weighted by atomic mass is 32.1. The Morgan fingerprint density at radius 2 is 2.03 bits per heavy atom. The second kappa shape index (κ2) is 12.0. The maximum atomic E-state index is 11.6. The number of nitrogens with zero attached hydrogens (tertiary/aromatic N) is 1. The summed E-state index contributed by atoms with van der Waals surface area (Å²) in [5.74, 6) is 0.699. The van der Waals surface area contributed by atoms with Crippen LogP contribution >= 0.6 is 24.4 Å². The number of amides is 1. The first-order valence-electron chi connectivity index (χ1n) is 11.0. The van der Waals surface area contributed by atoms with Crippen molar-refractivity contribution in [2.75, 3.05) is 30.3 Å². The summed E-state index contributed by atoms with van der Waals surface area (Å²) in [6.45, 7) is 5.08. The second-order valence-corrected chi connectivity index (χ2v) is 9.21. The largest absolute Gasteiger partial charge is 0.490 e. The number of rotatable bonds is 10. The van der Waals surface area contributed by atoms with Gasteiger partial charge in [-0.1, -0.05) is 6.07 Å². The van der Waals surface area contributed by atoms with Crippen molar-refractivity contribution < 1.29 is 14.6 Å². The fraction of sp³-hybridized carbons (Fsp3) is 0.375. The predicted molar refractivity (Wildman–Crippen MR) is 142 cm³/mol. The van der Waals surface area contributed by atoms with E-state index in [1.54, 1.807) is 0 Å². The van der Waals surface area contributed by atoms with Crippen LogP contribution in [0.2, 0.25) is 0 Å². The summed E-state index contributed by atoms with van der Waals surface area (Å²) in [6, 6.07) is 12.9. The van der Waals surface area contributed by atoms with Gasteiger partial charge in [0.15, 0.2) is 5.11 Å². The van der Waals surface area contributed by atoms with Crippen LogP contribution in [0.4, 0.5) is 17.1 Å². The van der Waals surface area contributed by atoms with Crippen LogP contribution < -0.4 is 26.0 Å². The van der Waals surface area contributed by atoms with Crippen LogP contribution in [-0.2, 0) is 11.2 Å². The van der Waals surface area contributed by atoms with Gasteiger partial charge in [-0.25, -0.2) is 0 Å². The predicted octanol–water partition coefficient (Wildman–Crippen LogP) is 3.40. The SMILES string of the molecule is CC(C)(CNC(=S)Nc1ccc(N=C=S)cc1)NC[C@@H](O)COc1cccc2c1CCC(=O)N2. The van der Waals surface area contributed by atoms with Crippen molar-refractivity contribution in [3.8, 4) is 5.75 Å². The van der Waals surface area contributed by atoms with E-state index in [0.29, 0.717) is 36.8 Å². The van der Waals surface area contributed by atoms with E-state index in [4.69, 9.17) is 17.0 Å². The van der Waals surface area contributed by atoms with Gasteiger partial charge in [-0.15, -0.1) is 0 Å². The van der Waals surface area contributed by atoms with Gasteiger partial charge < -0.3 is 31.1 Å². The maximum absolute atomic E-state index is 11.6. The van der Waals surface area contributed by atoms with E-state index in [2.05, 4.69) is 43.6 Å². The summed E-state index contributed by atoms with van der Waals surface area (Å²) < 4.78 is 5.85. The van der Waals surface area contributed by atoms with Crippen LogP contribution in [-0.4, -0.2) is 52.6 Å². The number of nitrogens with one attached hydrogen (secondary N) is 4. The van der Waals surface area contributed by atoms with Gasteiger partial charge in [0, 0.05) is 42.0 Å². The average molecular weight is 500 g/mol. The molecular formula is C24H29N5O3S2. The molecule has 0 fully saturated rings. The van der Waals surface area contributed by atoms with Crippen molar-refractivity contribution in [3.63, 3.8) is 0 Å². The van der Waals surface area contributed by atoms with Crippen molar-refractivity contribution >= 4 is 57.7 Å². The first-order valence-corrected chi connectivity index (χ1v) is 11.8. The number of ether oxygens (including phenoxy) is 1. The Hall–Kier alpha value is -2.88. The Labute approximate surface area is 210 Å². The number of hydrogen-bond donors (Lipinski definition) is 5. The third-order valence-electron chi connectivity index (χ3n) is 5.25. The number of anilines is 2. The van der Waals surface area contributed by atoms with Gasteiger partial charge in [-0.2, -0.15) is 4.99 Å². The monoisotopic (exact) mass is 499 g/mol. The lowest BCUT2D eigenvalue weighted by molar-refractivity contribution is -0.116. The molecule has 1 aliphatic heterocycles. The van der Waals surface area contributed by atoms with Gasteiger partial charge in [0.1, 0.15) is 18.5 Å². The molecule has 0 radical (unpaired) electrons. The highest BCUT2D eigenvalue weighted by molar-refractivity contribution is 7.80. The number of aliphatic hydroxyl groups excluding tert-OH is 1. The molecule has 2 aromatic rings. The molecule has 5 N–H and O–H groups in total. The Kier molecular flexibility index (Phi) is 9.09. The molecule has 0 saturated heterocycles. The fourth-order valence-electron chi connectivity index (χ4n) is 3.38. The quantitative estimate of drug-likeness (QED) is 0.250. The summed E-state index contributed by atoms with van der Waals surface area (Å²) in [7, 11) is 0. The molecule has 1 heterocycles. The van der Waals surface area contributed by atoms with Crippen LogP contribution in [0.1, 0.15) is 25.8 Å². The van der Waals surface area contributed by atoms with Crippen LogP contribution in [0.15, 0.2) is 47.5 Å². The molecule has 1 amide bonds. The number of aliphatic hydroxyl groups is 1. The standard InChI is InChI=1S/C24H29N5O3S2/c1-24(2,14-25-23(34)28-17-8-6-16(7-9-17)26-15-33)27-12-18(30)13-32-21-5-3-4-20-19(21)10-11-22(31)29-20/h3-9,18,27,30H,10-14H2,1-2H3,(H,29,31)(H2,25,28,34)/t18-/m1/s1. The van der Waals surface area contributed by atoms with E-state index < -0.39 is 6.10 Å². The molecule has 1 aliphatic rings. The minimum absolute atomic E-state index is 0.00840. The zero-order valence-corrected chi connectivity index (χ0v) is 20.8. The molecule has 8 nitrogen and oxygen atoms in total.